The molecule has 152 valence electrons. The molecule has 1 saturated heterocycles. The third-order valence-corrected chi connectivity index (χ3v) is 4.56. The Morgan fingerprint density at radius 3 is 2.79 bits per heavy atom. The van der Waals surface area contributed by atoms with Crippen LogP contribution in [0.25, 0.3) is 11.1 Å². The molecule has 2 aromatic heterocycles. The molecule has 9 heteroatoms. The maximum absolute atomic E-state index is 12.6. The number of unbranched alkanes of at least 4 members (excludes halogenated alkanes) is 1. The zero-order chi connectivity index (χ0) is 19.9. The summed E-state index contributed by atoms with van der Waals surface area (Å²) >= 11 is 0. The Kier molecular flexibility index (Phi) is 6.80. The van der Waals surface area contributed by atoms with E-state index in [1.807, 2.05) is 6.92 Å². The van der Waals surface area contributed by atoms with E-state index in [4.69, 9.17) is 14.0 Å². The summed E-state index contributed by atoms with van der Waals surface area (Å²) in [5, 5.41) is 4.47. The SMILES string of the molecule is CCCCc1cc(=O)oc2nc(O/N=C(\CCC)N3CCOCC3)[nH]c(=O)c12. The largest absolute Gasteiger partial charge is 0.403 e. The van der Waals surface area contributed by atoms with Crippen molar-refractivity contribution in [3.8, 4) is 6.01 Å². The van der Waals surface area contributed by atoms with Gasteiger partial charge in [-0.05, 0) is 24.8 Å². The average molecular weight is 390 g/mol. The van der Waals surface area contributed by atoms with Crippen molar-refractivity contribution in [3.05, 3.63) is 32.4 Å². The first-order valence-electron chi connectivity index (χ1n) is 9.76. The quantitative estimate of drug-likeness (QED) is 0.438. The number of aryl methyl sites for hydroxylation is 1. The molecule has 0 saturated carbocycles. The topological polar surface area (TPSA) is 110 Å². The van der Waals surface area contributed by atoms with Crippen LogP contribution < -0.4 is 16.0 Å². The molecule has 9 nitrogen and oxygen atoms in total. The van der Waals surface area contributed by atoms with Crippen LogP contribution in [-0.2, 0) is 11.2 Å². The fourth-order valence-corrected chi connectivity index (χ4v) is 3.14. The van der Waals surface area contributed by atoms with E-state index in [1.54, 1.807) is 0 Å². The molecule has 3 heterocycles. The van der Waals surface area contributed by atoms with Gasteiger partial charge in [0.1, 0.15) is 11.2 Å². The summed E-state index contributed by atoms with van der Waals surface area (Å²) in [4.78, 5) is 38.6. The molecule has 0 atom stereocenters. The van der Waals surface area contributed by atoms with E-state index in [2.05, 4.69) is 26.9 Å². The minimum atomic E-state index is -0.536. The van der Waals surface area contributed by atoms with Gasteiger partial charge in [-0.2, -0.15) is 4.98 Å². The molecular formula is C19H26N4O5. The second-order valence-corrected chi connectivity index (χ2v) is 6.69. The van der Waals surface area contributed by atoms with E-state index in [0.717, 1.165) is 44.6 Å². The summed E-state index contributed by atoms with van der Waals surface area (Å²) < 4.78 is 10.5. The molecule has 3 rings (SSSR count). The maximum atomic E-state index is 12.6. The Balaban J connectivity index is 1.90. The molecule has 1 aliphatic heterocycles. The predicted molar refractivity (Wildman–Crippen MR) is 105 cm³/mol. The van der Waals surface area contributed by atoms with Crippen LogP contribution in [0.1, 0.15) is 45.1 Å². The smallest absolute Gasteiger partial charge is 0.337 e. The van der Waals surface area contributed by atoms with E-state index >= 15 is 0 Å². The van der Waals surface area contributed by atoms with Gasteiger partial charge in [-0.3, -0.25) is 9.78 Å². The highest BCUT2D eigenvalue weighted by Crippen LogP contribution is 2.15. The minimum absolute atomic E-state index is 0.0315. The van der Waals surface area contributed by atoms with Gasteiger partial charge in [0, 0.05) is 25.6 Å². The van der Waals surface area contributed by atoms with Crippen molar-refractivity contribution in [2.45, 2.75) is 46.0 Å². The number of nitrogens with one attached hydrogen (secondary N) is 1. The van der Waals surface area contributed by atoms with Crippen molar-refractivity contribution in [1.29, 1.82) is 0 Å². The zero-order valence-corrected chi connectivity index (χ0v) is 16.3. The summed E-state index contributed by atoms with van der Waals surface area (Å²) in [5.74, 6) is 0.770. The highest BCUT2D eigenvalue weighted by Gasteiger charge is 2.17. The number of aromatic nitrogens is 2. The number of rotatable bonds is 7. The van der Waals surface area contributed by atoms with Crippen LogP contribution in [0.5, 0.6) is 6.01 Å². The standard InChI is InChI=1S/C19H26N4O5/c1-3-5-7-13-12-15(24)27-18-16(13)17(25)20-19(21-18)28-22-14(6-4-2)23-8-10-26-11-9-23/h12H,3-11H2,1-2H3,(H,20,21,25)/b22-14+. The lowest BCUT2D eigenvalue weighted by atomic mass is 10.1. The molecule has 0 aliphatic carbocycles. The van der Waals surface area contributed by atoms with Crippen LogP contribution in [0, 0.1) is 0 Å². The maximum Gasteiger partial charge on any atom is 0.337 e. The lowest BCUT2D eigenvalue weighted by Gasteiger charge is -2.29. The number of fused-ring (bicyclic) bond motifs is 1. The van der Waals surface area contributed by atoms with Crippen LogP contribution in [0.3, 0.4) is 0 Å². The van der Waals surface area contributed by atoms with Gasteiger partial charge in [-0.15, -0.1) is 0 Å². The van der Waals surface area contributed by atoms with Gasteiger partial charge < -0.3 is 18.9 Å². The summed E-state index contributed by atoms with van der Waals surface area (Å²) in [5.41, 5.74) is -0.340. The normalized spacial score (nSPS) is 15.2. The Labute approximate surface area is 162 Å². The van der Waals surface area contributed by atoms with Crippen LogP contribution in [0.2, 0.25) is 0 Å². The zero-order valence-electron chi connectivity index (χ0n) is 16.3. The molecule has 0 spiro atoms. The van der Waals surface area contributed by atoms with Crippen LogP contribution in [0.15, 0.2) is 25.2 Å². The van der Waals surface area contributed by atoms with E-state index in [0.29, 0.717) is 25.2 Å². The fraction of sp³-hybridized carbons (Fsp3) is 0.579. The van der Waals surface area contributed by atoms with Gasteiger partial charge in [0.15, 0.2) is 0 Å². The summed E-state index contributed by atoms with van der Waals surface area (Å²) in [7, 11) is 0. The van der Waals surface area contributed by atoms with Gasteiger partial charge in [0.2, 0.25) is 5.71 Å². The van der Waals surface area contributed by atoms with Crippen molar-refractivity contribution >= 4 is 16.9 Å². The summed E-state index contributed by atoms with van der Waals surface area (Å²) in [6.07, 6.45) is 4.05. The monoisotopic (exact) mass is 390 g/mol. The predicted octanol–water partition coefficient (Wildman–Crippen LogP) is 2.04. The van der Waals surface area contributed by atoms with Crippen molar-refractivity contribution < 1.29 is 14.0 Å². The summed E-state index contributed by atoms with van der Waals surface area (Å²) in [6.45, 7) is 6.85. The van der Waals surface area contributed by atoms with E-state index in [1.165, 1.54) is 6.07 Å². The molecule has 0 radical (unpaired) electrons. The van der Waals surface area contributed by atoms with Gasteiger partial charge >= 0.3 is 11.6 Å². The Hall–Kier alpha value is -2.68. The fourth-order valence-electron chi connectivity index (χ4n) is 3.14. The highest BCUT2D eigenvalue weighted by molar-refractivity contribution is 5.82. The number of hydrogen-bond acceptors (Lipinski definition) is 7. The van der Waals surface area contributed by atoms with Gasteiger partial charge in [-0.25, -0.2) is 4.79 Å². The molecule has 1 aliphatic rings. The Bertz CT molecular complexity index is 943. The molecule has 0 amide bonds. The molecule has 2 aromatic rings. The van der Waals surface area contributed by atoms with Crippen molar-refractivity contribution in [2.24, 2.45) is 5.16 Å². The first kappa shape index (κ1) is 20.1. The second kappa shape index (κ2) is 9.50. The van der Waals surface area contributed by atoms with Crippen LogP contribution in [-0.4, -0.2) is 47.0 Å². The van der Waals surface area contributed by atoms with E-state index in [-0.39, 0.29) is 17.1 Å². The van der Waals surface area contributed by atoms with E-state index in [9.17, 15) is 9.59 Å². The Morgan fingerprint density at radius 1 is 1.29 bits per heavy atom. The molecule has 0 bridgehead atoms. The van der Waals surface area contributed by atoms with Crippen LogP contribution >= 0.6 is 0 Å². The van der Waals surface area contributed by atoms with Crippen molar-refractivity contribution in [2.75, 3.05) is 26.3 Å². The van der Waals surface area contributed by atoms with Gasteiger partial charge in [0.25, 0.3) is 5.56 Å². The number of oxime groups is 1. The van der Waals surface area contributed by atoms with Crippen molar-refractivity contribution in [3.63, 3.8) is 0 Å². The number of aromatic amines is 1. The third-order valence-electron chi connectivity index (χ3n) is 4.56. The van der Waals surface area contributed by atoms with Gasteiger partial charge in [0.05, 0.1) is 13.2 Å². The van der Waals surface area contributed by atoms with Gasteiger partial charge in [-0.1, -0.05) is 25.4 Å². The van der Waals surface area contributed by atoms with Crippen LogP contribution in [0.4, 0.5) is 0 Å². The molecule has 1 N–H and O–H groups in total. The molecule has 1 fully saturated rings. The minimum Gasteiger partial charge on any atom is -0.403 e. The number of nitrogens with zero attached hydrogens (tertiary/aromatic N) is 3. The lowest BCUT2D eigenvalue weighted by Crippen LogP contribution is -2.41. The number of morpholine rings is 1. The number of H-pyrrole nitrogens is 1. The molecule has 0 unspecified atom stereocenters. The number of ether oxygens (including phenoxy) is 1. The summed E-state index contributed by atoms with van der Waals surface area (Å²) in [6, 6.07) is 1.25. The van der Waals surface area contributed by atoms with E-state index < -0.39 is 11.2 Å². The third kappa shape index (κ3) is 4.78. The molecule has 0 aromatic carbocycles. The number of hydrogen-bond donors (Lipinski definition) is 1. The van der Waals surface area contributed by atoms with Crippen molar-refractivity contribution in [1.82, 2.24) is 14.9 Å². The lowest BCUT2D eigenvalue weighted by molar-refractivity contribution is 0.0657. The second-order valence-electron chi connectivity index (χ2n) is 6.69. The first-order valence-corrected chi connectivity index (χ1v) is 9.76. The Morgan fingerprint density at radius 2 is 2.07 bits per heavy atom. The molecule has 28 heavy (non-hydrogen) atoms. The molecular weight excluding hydrogens is 364 g/mol. The average Bonchev–Trinajstić information content (AvgIpc) is 2.69. The first-order chi connectivity index (χ1) is 13.6. The number of amidine groups is 1. The highest BCUT2D eigenvalue weighted by atomic mass is 16.6.